The van der Waals surface area contributed by atoms with E-state index in [1.165, 1.54) is 6.20 Å². The van der Waals surface area contributed by atoms with Crippen LogP contribution in [0.15, 0.2) is 48.9 Å². The molecule has 8 heteroatoms. The molecule has 0 aliphatic carbocycles. The van der Waals surface area contributed by atoms with Crippen LogP contribution >= 0.6 is 34.8 Å². The number of carbonyl (C=O) groups is 1. The van der Waals surface area contributed by atoms with Gasteiger partial charge < -0.3 is 5.32 Å². The van der Waals surface area contributed by atoms with Gasteiger partial charge in [0.05, 0.1) is 24.0 Å². The van der Waals surface area contributed by atoms with Gasteiger partial charge in [0.1, 0.15) is 5.15 Å². The van der Waals surface area contributed by atoms with E-state index in [2.05, 4.69) is 15.4 Å². The fourth-order valence-electron chi connectivity index (χ4n) is 2.09. The molecular formula is C16H11Cl3N4O. The smallest absolute Gasteiger partial charge is 0.258 e. The first-order valence-corrected chi connectivity index (χ1v) is 8.04. The van der Waals surface area contributed by atoms with Crippen LogP contribution in [0, 0.1) is 0 Å². The van der Waals surface area contributed by atoms with Crippen molar-refractivity contribution < 1.29 is 4.79 Å². The van der Waals surface area contributed by atoms with E-state index in [4.69, 9.17) is 34.8 Å². The van der Waals surface area contributed by atoms with E-state index in [1.54, 1.807) is 41.3 Å². The summed E-state index contributed by atoms with van der Waals surface area (Å²) >= 11 is 17.9. The Balaban J connectivity index is 1.72. The van der Waals surface area contributed by atoms with E-state index < -0.39 is 0 Å². The van der Waals surface area contributed by atoms with Crippen LogP contribution in [-0.2, 0) is 6.54 Å². The topological polar surface area (TPSA) is 59.8 Å². The zero-order chi connectivity index (χ0) is 17.1. The molecule has 0 atom stereocenters. The molecule has 0 unspecified atom stereocenters. The molecule has 0 saturated heterocycles. The standard InChI is InChI=1S/C16H11Cl3N4O/c17-11-4-3-10(14(18)6-11)8-23-9-12(7-21-23)22-16(24)13-2-1-5-20-15(13)19/h1-7,9H,8H2,(H,22,24). The minimum absolute atomic E-state index is 0.148. The summed E-state index contributed by atoms with van der Waals surface area (Å²) in [6.45, 7) is 0.458. The number of carbonyl (C=O) groups excluding carboxylic acids is 1. The Bertz CT molecular complexity index is 895. The summed E-state index contributed by atoms with van der Waals surface area (Å²) in [5.74, 6) is -0.350. The van der Waals surface area contributed by atoms with Crippen molar-refractivity contribution in [3.63, 3.8) is 0 Å². The Labute approximate surface area is 153 Å². The average Bonchev–Trinajstić information content (AvgIpc) is 2.97. The highest BCUT2D eigenvalue weighted by Gasteiger charge is 2.12. The van der Waals surface area contributed by atoms with Crippen LogP contribution in [0.4, 0.5) is 5.69 Å². The van der Waals surface area contributed by atoms with E-state index >= 15 is 0 Å². The summed E-state index contributed by atoms with van der Waals surface area (Å²) < 4.78 is 1.66. The molecule has 0 aliphatic rings. The molecule has 1 aromatic carbocycles. The van der Waals surface area contributed by atoms with Crippen LogP contribution in [0.1, 0.15) is 15.9 Å². The highest BCUT2D eigenvalue weighted by molar-refractivity contribution is 6.35. The van der Waals surface area contributed by atoms with E-state index in [0.717, 1.165) is 5.56 Å². The SMILES string of the molecule is O=C(Nc1cnn(Cc2ccc(Cl)cc2Cl)c1)c1cccnc1Cl. The maximum absolute atomic E-state index is 12.2. The Morgan fingerprint density at radius 1 is 1.21 bits per heavy atom. The Morgan fingerprint density at radius 3 is 2.79 bits per heavy atom. The molecule has 24 heavy (non-hydrogen) atoms. The van der Waals surface area contributed by atoms with Crippen molar-refractivity contribution in [3.05, 3.63) is 75.2 Å². The normalized spacial score (nSPS) is 10.6. The van der Waals surface area contributed by atoms with Gasteiger partial charge in [-0.25, -0.2) is 4.98 Å². The first kappa shape index (κ1) is 16.8. The molecular weight excluding hydrogens is 371 g/mol. The molecule has 3 rings (SSSR count). The van der Waals surface area contributed by atoms with E-state index in [-0.39, 0.29) is 11.1 Å². The van der Waals surface area contributed by atoms with Gasteiger partial charge in [0.15, 0.2) is 0 Å². The minimum atomic E-state index is -0.350. The lowest BCUT2D eigenvalue weighted by atomic mass is 10.2. The number of hydrogen-bond acceptors (Lipinski definition) is 3. The van der Waals surface area contributed by atoms with Crippen molar-refractivity contribution >= 4 is 46.4 Å². The number of hydrogen-bond donors (Lipinski definition) is 1. The summed E-state index contributed by atoms with van der Waals surface area (Å²) in [7, 11) is 0. The van der Waals surface area contributed by atoms with Crippen LogP contribution in [0.5, 0.6) is 0 Å². The molecule has 3 aromatic rings. The number of anilines is 1. The average molecular weight is 382 g/mol. The van der Waals surface area contributed by atoms with Crippen molar-refractivity contribution in [3.8, 4) is 0 Å². The zero-order valence-corrected chi connectivity index (χ0v) is 14.5. The maximum Gasteiger partial charge on any atom is 0.258 e. The second-order valence-corrected chi connectivity index (χ2v) is 6.16. The molecule has 5 nitrogen and oxygen atoms in total. The molecule has 0 fully saturated rings. The number of halogens is 3. The summed E-state index contributed by atoms with van der Waals surface area (Å²) in [6, 6.07) is 8.52. The van der Waals surface area contributed by atoms with Crippen molar-refractivity contribution in [2.24, 2.45) is 0 Å². The van der Waals surface area contributed by atoms with Gasteiger partial charge in [-0.05, 0) is 29.8 Å². The third-order valence-corrected chi connectivity index (χ3v) is 4.13. The quantitative estimate of drug-likeness (QED) is 0.675. The van der Waals surface area contributed by atoms with Crippen LogP contribution in [0.2, 0.25) is 15.2 Å². The maximum atomic E-state index is 12.2. The summed E-state index contributed by atoms with van der Waals surface area (Å²) in [5.41, 5.74) is 1.72. The first-order valence-electron chi connectivity index (χ1n) is 6.91. The molecule has 0 bridgehead atoms. The van der Waals surface area contributed by atoms with Crippen molar-refractivity contribution in [2.75, 3.05) is 5.32 Å². The second-order valence-electron chi connectivity index (χ2n) is 4.96. The number of benzene rings is 1. The number of pyridine rings is 1. The van der Waals surface area contributed by atoms with Gasteiger partial charge in [-0.1, -0.05) is 40.9 Å². The number of nitrogens with one attached hydrogen (secondary N) is 1. The fraction of sp³-hybridized carbons (Fsp3) is 0.0625. The molecule has 0 saturated carbocycles. The molecule has 0 radical (unpaired) electrons. The number of rotatable bonds is 4. The number of nitrogens with zero attached hydrogens (tertiary/aromatic N) is 3. The molecule has 122 valence electrons. The lowest BCUT2D eigenvalue weighted by molar-refractivity contribution is 0.102. The minimum Gasteiger partial charge on any atom is -0.319 e. The van der Waals surface area contributed by atoms with E-state index in [1.807, 2.05) is 6.07 Å². The lowest BCUT2D eigenvalue weighted by Crippen LogP contribution is -2.12. The second kappa shape index (κ2) is 7.21. The van der Waals surface area contributed by atoms with Gasteiger partial charge in [-0.15, -0.1) is 0 Å². The van der Waals surface area contributed by atoms with Gasteiger partial charge in [0.2, 0.25) is 0 Å². The first-order chi connectivity index (χ1) is 11.5. The van der Waals surface area contributed by atoms with Crippen molar-refractivity contribution in [2.45, 2.75) is 6.54 Å². The van der Waals surface area contributed by atoms with Crippen LogP contribution in [0.25, 0.3) is 0 Å². The lowest BCUT2D eigenvalue weighted by Gasteiger charge is -2.05. The van der Waals surface area contributed by atoms with Gasteiger partial charge in [0.25, 0.3) is 5.91 Å². The fourth-order valence-corrected chi connectivity index (χ4v) is 2.77. The zero-order valence-electron chi connectivity index (χ0n) is 12.2. The van der Waals surface area contributed by atoms with Gasteiger partial charge in [0, 0.05) is 22.4 Å². The summed E-state index contributed by atoms with van der Waals surface area (Å²) in [5, 5.41) is 8.22. The van der Waals surface area contributed by atoms with E-state index in [9.17, 15) is 4.79 Å². The Kier molecular flexibility index (Phi) is 5.04. The van der Waals surface area contributed by atoms with Crippen molar-refractivity contribution in [1.29, 1.82) is 0 Å². The molecule has 0 aliphatic heterocycles. The molecule has 0 spiro atoms. The highest BCUT2D eigenvalue weighted by Crippen LogP contribution is 2.22. The third-order valence-electron chi connectivity index (χ3n) is 3.24. The molecule has 2 heterocycles. The highest BCUT2D eigenvalue weighted by atomic mass is 35.5. The van der Waals surface area contributed by atoms with Gasteiger partial charge in [-0.2, -0.15) is 5.10 Å². The van der Waals surface area contributed by atoms with Crippen LogP contribution in [0.3, 0.4) is 0 Å². The largest absolute Gasteiger partial charge is 0.319 e. The number of aromatic nitrogens is 3. The van der Waals surface area contributed by atoms with E-state index in [0.29, 0.717) is 27.8 Å². The molecule has 2 aromatic heterocycles. The van der Waals surface area contributed by atoms with Gasteiger partial charge in [-0.3, -0.25) is 9.48 Å². The molecule has 1 N–H and O–H groups in total. The predicted octanol–water partition coefficient (Wildman–Crippen LogP) is 4.54. The summed E-state index contributed by atoms with van der Waals surface area (Å²) in [6.07, 6.45) is 4.77. The third kappa shape index (κ3) is 3.87. The monoisotopic (exact) mass is 380 g/mol. The summed E-state index contributed by atoms with van der Waals surface area (Å²) in [4.78, 5) is 16.1. The predicted molar refractivity (Wildman–Crippen MR) is 95.0 cm³/mol. The van der Waals surface area contributed by atoms with Gasteiger partial charge >= 0.3 is 0 Å². The van der Waals surface area contributed by atoms with Crippen molar-refractivity contribution in [1.82, 2.24) is 14.8 Å². The van der Waals surface area contributed by atoms with Crippen LogP contribution in [-0.4, -0.2) is 20.7 Å². The Hall–Kier alpha value is -2.08. The molecule has 1 amide bonds. The van der Waals surface area contributed by atoms with Crippen LogP contribution < -0.4 is 5.32 Å². The number of amides is 1. The Morgan fingerprint density at radius 2 is 2.04 bits per heavy atom.